The average Bonchev–Trinajstić information content (AvgIpc) is 2.89. The maximum Gasteiger partial charge on any atom is 0.245 e. The van der Waals surface area contributed by atoms with Crippen molar-refractivity contribution >= 4 is 21.6 Å². The molecule has 1 aliphatic rings. The van der Waals surface area contributed by atoms with Gasteiger partial charge < -0.3 is 4.90 Å². The predicted molar refractivity (Wildman–Crippen MR) is 88.7 cm³/mol. The summed E-state index contributed by atoms with van der Waals surface area (Å²) < 4.78 is 27.4. The number of aryl methyl sites for hydroxylation is 1. The van der Waals surface area contributed by atoms with E-state index in [-0.39, 0.29) is 10.8 Å². The zero-order valence-corrected chi connectivity index (χ0v) is 13.6. The van der Waals surface area contributed by atoms with Gasteiger partial charge in [0.05, 0.1) is 4.90 Å². The fourth-order valence-corrected chi connectivity index (χ4v) is 4.02. The number of amides is 1. The summed E-state index contributed by atoms with van der Waals surface area (Å²) in [6.45, 7) is 2.33. The molecule has 0 aromatic heterocycles. The Morgan fingerprint density at radius 1 is 1.09 bits per heavy atom. The fourth-order valence-electron chi connectivity index (χ4n) is 2.69. The molecule has 1 N–H and O–H groups in total. The van der Waals surface area contributed by atoms with Gasteiger partial charge in [-0.05, 0) is 43.2 Å². The first-order valence-corrected chi connectivity index (χ1v) is 8.91. The van der Waals surface area contributed by atoms with Crippen LogP contribution in [-0.2, 0) is 14.8 Å². The number of nitrogens with zero attached hydrogens (tertiary/aromatic N) is 1. The largest absolute Gasteiger partial charge is 0.311 e. The van der Waals surface area contributed by atoms with Crippen LogP contribution in [-0.4, -0.2) is 26.9 Å². The molecule has 2 aromatic carbocycles. The minimum Gasteiger partial charge on any atom is -0.311 e. The van der Waals surface area contributed by atoms with Crippen LogP contribution in [0.1, 0.15) is 12.0 Å². The fraction of sp³-hybridized carbons (Fsp3) is 0.235. The van der Waals surface area contributed by atoms with E-state index in [0.29, 0.717) is 13.0 Å². The monoisotopic (exact) mass is 330 g/mol. The molecule has 5 nitrogen and oxygen atoms in total. The highest BCUT2D eigenvalue weighted by Crippen LogP contribution is 2.22. The minimum absolute atomic E-state index is 0.184. The molecule has 1 heterocycles. The number of carbonyl (C=O) groups is 1. The van der Waals surface area contributed by atoms with Crippen molar-refractivity contribution in [3.05, 3.63) is 60.2 Å². The number of sulfonamides is 1. The lowest BCUT2D eigenvalue weighted by atomic mass is 10.2. The first-order valence-electron chi connectivity index (χ1n) is 7.43. The second-order valence-corrected chi connectivity index (χ2v) is 7.32. The molecule has 0 unspecified atom stereocenters. The van der Waals surface area contributed by atoms with Crippen LogP contribution in [0.3, 0.4) is 0 Å². The van der Waals surface area contributed by atoms with Crippen LogP contribution in [0.15, 0.2) is 59.5 Å². The quantitative estimate of drug-likeness (QED) is 0.933. The molecular formula is C17H18N2O3S. The highest BCUT2D eigenvalue weighted by Gasteiger charge is 2.35. The molecule has 0 bridgehead atoms. The van der Waals surface area contributed by atoms with E-state index in [9.17, 15) is 13.2 Å². The first-order chi connectivity index (χ1) is 11.0. The van der Waals surface area contributed by atoms with Gasteiger partial charge in [-0.3, -0.25) is 4.79 Å². The topological polar surface area (TPSA) is 66.5 Å². The number of anilines is 1. The molecular weight excluding hydrogens is 312 g/mol. The number of hydrogen-bond acceptors (Lipinski definition) is 3. The van der Waals surface area contributed by atoms with Crippen LogP contribution < -0.4 is 9.62 Å². The molecule has 1 fully saturated rings. The molecule has 1 aliphatic heterocycles. The summed E-state index contributed by atoms with van der Waals surface area (Å²) in [7, 11) is -3.70. The van der Waals surface area contributed by atoms with Crippen molar-refractivity contribution in [3.63, 3.8) is 0 Å². The summed E-state index contributed by atoms with van der Waals surface area (Å²) in [5.74, 6) is -0.215. The minimum atomic E-state index is -3.70. The van der Waals surface area contributed by atoms with E-state index in [2.05, 4.69) is 4.72 Å². The Bertz CT molecular complexity index is 819. The molecule has 1 amide bonds. The van der Waals surface area contributed by atoms with Crippen molar-refractivity contribution in [2.24, 2.45) is 0 Å². The van der Waals surface area contributed by atoms with E-state index in [1.54, 1.807) is 17.0 Å². The molecule has 0 radical (unpaired) electrons. The summed E-state index contributed by atoms with van der Waals surface area (Å²) in [5, 5.41) is 0. The Kier molecular flexibility index (Phi) is 4.19. The lowest BCUT2D eigenvalue weighted by Crippen LogP contribution is -2.41. The molecule has 2 aromatic rings. The molecule has 0 spiro atoms. The molecule has 1 atom stereocenters. The van der Waals surface area contributed by atoms with Crippen molar-refractivity contribution in [2.75, 3.05) is 11.4 Å². The van der Waals surface area contributed by atoms with Crippen LogP contribution in [0.25, 0.3) is 0 Å². The number of hydrogen-bond donors (Lipinski definition) is 1. The molecule has 1 saturated heterocycles. The van der Waals surface area contributed by atoms with E-state index in [1.807, 2.05) is 43.3 Å². The molecule has 0 aliphatic carbocycles. The van der Waals surface area contributed by atoms with E-state index >= 15 is 0 Å². The maximum atomic E-state index is 12.5. The van der Waals surface area contributed by atoms with Gasteiger partial charge in [0.1, 0.15) is 6.04 Å². The zero-order chi connectivity index (χ0) is 16.4. The summed E-state index contributed by atoms with van der Waals surface area (Å²) in [5.41, 5.74) is 1.64. The number of carbonyl (C=O) groups excluding carboxylic acids is 1. The van der Waals surface area contributed by atoms with Crippen LogP contribution in [0.4, 0.5) is 5.69 Å². The highest BCUT2D eigenvalue weighted by atomic mass is 32.2. The van der Waals surface area contributed by atoms with Gasteiger partial charge in [-0.15, -0.1) is 0 Å². The van der Waals surface area contributed by atoms with Gasteiger partial charge in [-0.1, -0.05) is 30.3 Å². The lowest BCUT2D eigenvalue weighted by Gasteiger charge is -2.17. The van der Waals surface area contributed by atoms with Gasteiger partial charge in [0.2, 0.25) is 15.9 Å². The summed E-state index contributed by atoms with van der Waals surface area (Å²) >= 11 is 0. The molecule has 3 rings (SSSR count). The smallest absolute Gasteiger partial charge is 0.245 e. The van der Waals surface area contributed by atoms with Crippen LogP contribution in [0, 0.1) is 6.92 Å². The molecule has 120 valence electrons. The lowest BCUT2D eigenvalue weighted by molar-refractivity contribution is -0.118. The maximum absolute atomic E-state index is 12.5. The zero-order valence-electron chi connectivity index (χ0n) is 12.8. The van der Waals surface area contributed by atoms with Crippen molar-refractivity contribution in [3.8, 4) is 0 Å². The van der Waals surface area contributed by atoms with Crippen LogP contribution in [0.2, 0.25) is 0 Å². The predicted octanol–water partition coefficient (Wildman–Crippen LogP) is 2.08. The van der Waals surface area contributed by atoms with Gasteiger partial charge in [0.15, 0.2) is 0 Å². The third kappa shape index (κ3) is 3.28. The summed E-state index contributed by atoms with van der Waals surface area (Å²) in [6.07, 6.45) is 0.457. The third-order valence-corrected chi connectivity index (χ3v) is 5.34. The third-order valence-electron chi connectivity index (χ3n) is 3.87. The SMILES string of the molecule is Cc1cccc(S(=O)(=O)N[C@H]2CCN(c3ccccc3)C2=O)c1. The Morgan fingerprint density at radius 2 is 1.83 bits per heavy atom. The summed E-state index contributed by atoms with van der Waals surface area (Å²) in [4.78, 5) is 14.3. The van der Waals surface area contributed by atoms with Crippen molar-refractivity contribution in [2.45, 2.75) is 24.3 Å². The first kappa shape index (κ1) is 15.7. The standard InChI is InChI=1S/C17H18N2O3S/c1-13-6-5-9-15(12-13)23(21,22)18-16-10-11-19(17(16)20)14-7-3-2-4-8-14/h2-9,12,16,18H,10-11H2,1H3/t16-/m0/s1. The highest BCUT2D eigenvalue weighted by molar-refractivity contribution is 7.89. The Morgan fingerprint density at radius 3 is 2.52 bits per heavy atom. The number of benzene rings is 2. The second kappa shape index (κ2) is 6.14. The average molecular weight is 330 g/mol. The van der Waals surface area contributed by atoms with Gasteiger partial charge in [-0.2, -0.15) is 4.72 Å². The van der Waals surface area contributed by atoms with Crippen LogP contribution in [0.5, 0.6) is 0 Å². The van der Waals surface area contributed by atoms with Gasteiger partial charge in [-0.25, -0.2) is 8.42 Å². The van der Waals surface area contributed by atoms with E-state index in [1.165, 1.54) is 6.07 Å². The van der Waals surface area contributed by atoms with Gasteiger partial charge in [0.25, 0.3) is 0 Å². The van der Waals surface area contributed by atoms with Crippen molar-refractivity contribution in [1.82, 2.24) is 4.72 Å². The molecule has 0 saturated carbocycles. The number of nitrogens with one attached hydrogen (secondary N) is 1. The van der Waals surface area contributed by atoms with E-state index in [0.717, 1.165) is 11.3 Å². The van der Waals surface area contributed by atoms with Gasteiger partial charge >= 0.3 is 0 Å². The molecule has 23 heavy (non-hydrogen) atoms. The Hall–Kier alpha value is -2.18. The van der Waals surface area contributed by atoms with Crippen LogP contribution >= 0.6 is 0 Å². The van der Waals surface area contributed by atoms with Gasteiger partial charge in [0, 0.05) is 12.2 Å². The molecule has 6 heteroatoms. The second-order valence-electron chi connectivity index (χ2n) is 5.60. The van der Waals surface area contributed by atoms with Crippen molar-refractivity contribution in [1.29, 1.82) is 0 Å². The normalized spacial score (nSPS) is 18.4. The number of rotatable bonds is 4. The number of para-hydroxylation sites is 1. The van der Waals surface area contributed by atoms with E-state index < -0.39 is 16.1 Å². The van der Waals surface area contributed by atoms with Crippen molar-refractivity contribution < 1.29 is 13.2 Å². The Labute approximate surface area is 136 Å². The Balaban J connectivity index is 1.78. The van der Waals surface area contributed by atoms with E-state index in [4.69, 9.17) is 0 Å². The summed E-state index contributed by atoms with van der Waals surface area (Å²) in [6, 6.07) is 15.2.